The lowest BCUT2D eigenvalue weighted by atomic mass is 9.79. The van der Waals surface area contributed by atoms with Gasteiger partial charge >= 0.3 is 0 Å². The van der Waals surface area contributed by atoms with E-state index in [2.05, 4.69) is 20.2 Å². The Bertz CT molecular complexity index is 463. The highest BCUT2D eigenvalue weighted by Crippen LogP contribution is 2.37. The molecular weight excluding hydrogens is 264 g/mol. The van der Waals surface area contributed by atoms with E-state index in [0.29, 0.717) is 5.88 Å². The Hall–Kier alpha value is -1.36. The third-order valence-corrected chi connectivity index (χ3v) is 4.58. The molecule has 1 aromatic rings. The van der Waals surface area contributed by atoms with Crippen LogP contribution in [0.2, 0.25) is 0 Å². The Morgan fingerprint density at radius 1 is 1.24 bits per heavy atom. The number of hydrogen-bond acceptors (Lipinski definition) is 5. The molecule has 2 heterocycles. The molecule has 5 heteroatoms. The summed E-state index contributed by atoms with van der Waals surface area (Å²) >= 11 is 0. The molecule has 0 unspecified atom stereocenters. The molecule has 1 saturated heterocycles. The van der Waals surface area contributed by atoms with Gasteiger partial charge in [0.05, 0.1) is 11.6 Å². The van der Waals surface area contributed by atoms with Crippen molar-refractivity contribution in [3.05, 3.63) is 12.4 Å². The molecule has 5 nitrogen and oxygen atoms in total. The predicted molar refractivity (Wildman–Crippen MR) is 83.8 cm³/mol. The smallest absolute Gasteiger partial charge is 0.218 e. The van der Waals surface area contributed by atoms with Gasteiger partial charge in [-0.2, -0.15) is 0 Å². The minimum absolute atomic E-state index is 0.138. The lowest BCUT2D eigenvalue weighted by Gasteiger charge is -2.50. The van der Waals surface area contributed by atoms with Crippen molar-refractivity contribution >= 4 is 5.82 Å². The molecule has 1 aliphatic carbocycles. The van der Waals surface area contributed by atoms with Crippen LogP contribution < -0.4 is 15.0 Å². The van der Waals surface area contributed by atoms with E-state index in [9.17, 15) is 0 Å². The zero-order valence-corrected chi connectivity index (χ0v) is 13.1. The van der Waals surface area contributed by atoms with Crippen LogP contribution in [0.15, 0.2) is 12.4 Å². The standard InChI is InChI=1S/C16H26N4O/c1-13(2)21-15-10-14(18-12-19-15)20-9-8-17-11-16(20)6-4-3-5-7-16/h10,12-13,17H,3-9,11H2,1-2H3. The molecule has 0 radical (unpaired) electrons. The van der Waals surface area contributed by atoms with Gasteiger partial charge in [0.25, 0.3) is 0 Å². The molecule has 3 rings (SSSR count). The van der Waals surface area contributed by atoms with Crippen molar-refractivity contribution in [1.82, 2.24) is 15.3 Å². The molecule has 2 aliphatic rings. The number of aromatic nitrogens is 2. The van der Waals surface area contributed by atoms with Crippen LogP contribution in [-0.2, 0) is 0 Å². The second-order valence-electron chi connectivity index (χ2n) is 6.49. The van der Waals surface area contributed by atoms with Crippen molar-refractivity contribution in [1.29, 1.82) is 0 Å². The van der Waals surface area contributed by atoms with E-state index < -0.39 is 0 Å². The van der Waals surface area contributed by atoms with Crippen LogP contribution in [0.4, 0.5) is 5.82 Å². The first kappa shape index (κ1) is 14.6. The van der Waals surface area contributed by atoms with Crippen LogP contribution in [0.25, 0.3) is 0 Å². The number of nitrogens with one attached hydrogen (secondary N) is 1. The first-order valence-electron chi connectivity index (χ1n) is 8.17. The summed E-state index contributed by atoms with van der Waals surface area (Å²) in [5, 5.41) is 3.58. The number of nitrogens with zero attached hydrogens (tertiary/aromatic N) is 3. The van der Waals surface area contributed by atoms with E-state index in [1.807, 2.05) is 19.9 Å². The molecule has 0 aromatic carbocycles. The second kappa shape index (κ2) is 6.18. The van der Waals surface area contributed by atoms with Crippen LogP contribution in [0.3, 0.4) is 0 Å². The zero-order valence-electron chi connectivity index (χ0n) is 13.1. The van der Waals surface area contributed by atoms with Gasteiger partial charge in [-0.3, -0.25) is 0 Å². The van der Waals surface area contributed by atoms with Gasteiger partial charge in [-0.15, -0.1) is 0 Å². The lowest BCUT2D eigenvalue weighted by Crippen LogP contribution is -2.62. The summed E-state index contributed by atoms with van der Waals surface area (Å²) in [5.41, 5.74) is 0.236. The van der Waals surface area contributed by atoms with Gasteiger partial charge in [0.1, 0.15) is 12.1 Å². The predicted octanol–water partition coefficient (Wildman–Crippen LogP) is 2.38. The molecule has 1 aliphatic heterocycles. The fourth-order valence-corrected chi connectivity index (χ4v) is 3.64. The molecule has 1 spiro atoms. The van der Waals surface area contributed by atoms with Crippen LogP contribution in [0.1, 0.15) is 46.0 Å². The fraction of sp³-hybridized carbons (Fsp3) is 0.750. The highest BCUT2D eigenvalue weighted by atomic mass is 16.5. The SMILES string of the molecule is CC(C)Oc1cc(N2CCNCC23CCCCC3)ncn1. The Balaban J connectivity index is 1.86. The molecule has 1 N–H and O–H groups in total. The van der Waals surface area contributed by atoms with Gasteiger partial charge in [-0.05, 0) is 26.7 Å². The third kappa shape index (κ3) is 3.12. The number of anilines is 1. The summed E-state index contributed by atoms with van der Waals surface area (Å²) in [6.45, 7) is 7.14. The quantitative estimate of drug-likeness (QED) is 0.926. The number of ether oxygens (including phenoxy) is 1. The maximum Gasteiger partial charge on any atom is 0.218 e. The topological polar surface area (TPSA) is 50.3 Å². The second-order valence-corrected chi connectivity index (χ2v) is 6.49. The summed E-state index contributed by atoms with van der Waals surface area (Å²) in [5.74, 6) is 1.70. The first-order valence-corrected chi connectivity index (χ1v) is 8.17. The van der Waals surface area contributed by atoms with Gasteiger partial charge in [-0.1, -0.05) is 19.3 Å². The fourth-order valence-electron chi connectivity index (χ4n) is 3.64. The summed E-state index contributed by atoms with van der Waals surface area (Å²) in [6, 6.07) is 2.00. The molecule has 116 valence electrons. The average molecular weight is 290 g/mol. The molecule has 0 bridgehead atoms. The first-order chi connectivity index (χ1) is 10.2. The lowest BCUT2D eigenvalue weighted by molar-refractivity contribution is 0.228. The van der Waals surface area contributed by atoms with E-state index in [0.717, 1.165) is 25.5 Å². The van der Waals surface area contributed by atoms with E-state index in [-0.39, 0.29) is 11.6 Å². The molecule has 2 fully saturated rings. The van der Waals surface area contributed by atoms with Gasteiger partial charge < -0.3 is 15.0 Å². The van der Waals surface area contributed by atoms with Crippen molar-refractivity contribution in [2.45, 2.75) is 57.6 Å². The van der Waals surface area contributed by atoms with Crippen LogP contribution in [0.5, 0.6) is 5.88 Å². The van der Waals surface area contributed by atoms with E-state index in [1.54, 1.807) is 6.33 Å². The summed E-state index contributed by atoms with van der Waals surface area (Å²) in [6.07, 6.45) is 8.28. The minimum atomic E-state index is 0.138. The largest absolute Gasteiger partial charge is 0.475 e. The molecule has 21 heavy (non-hydrogen) atoms. The Labute approximate surface area is 127 Å². The zero-order chi connectivity index (χ0) is 14.7. The van der Waals surface area contributed by atoms with Crippen molar-refractivity contribution in [3.8, 4) is 5.88 Å². The normalized spacial score (nSPS) is 21.8. The molecular formula is C16H26N4O. The molecule has 1 saturated carbocycles. The molecule has 0 atom stereocenters. The van der Waals surface area contributed by atoms with Crippen molar-refractivity contribution in [2.24, 2.45) is 0 Å². The molecule has 1 aromatic heterocycles. The van der Waals surface area contributed by atoms with Crippen molar-refractivity contribution in [3.63, 3.8) is 0 Å². The summed E-state index contributed by atoms with van der Waals surface area (Å²) in [4.78, 5) is 11.3. The Morgan fingerprint density at radius 2 is 2.05 bits per heavy atom. The van der Waals surface area contributed by atoms with E-state index in [4.69, 9.17) is 4.74 Å². The maximum atomic E-state index is 5.73. The minimum Gasteiger partial charge on any atom is -0.475 e. The maximum absolute atomic E-state index is 5.73. The number of piperazine rings is 1. The van der Waals surface area contributed by atoms with Crippen molar-refractivity contribution < 1.29 is 4.74 Å². The van der Waals surface area contributed by atoms with Gasteiger partial charge in [0, 0.05) is 25.7 Å². The number of rotatable bonds is 3. The third-order valence-electron chi connectivity index (χ3n) is 4.58. The van der Waals surface area contributed by atoms with Gasteiger partial charge in [-0.25, -0.2) is 9.97 Å². The van der Waals surface area contributed by atoms with E-state index >= 15 is 0 Å². The Morgan fingerprint density at radius 3 is 2.81 bits per heavy atom. The van der Waals surface area contributed by atoms with Gasteiger partial charge in [0.2, 0.25) is 5.88 Å². The van der Waals surface area contributed by atoms with Crippen molar-refractivity contribution in [2.75, 3.05) is 24.5 Å². The monoisotopic (exact) mass is 290 g/mol. The molecule has 0 amide bonds. The van der Waals surface area contributed by atoms with Crippen LogP contribution in [-0.4, -0.2) is 41.2 Å². The average Bonchev–Trinajstić information content (AvgIpc) is 2.48. The van der Waals surface area contributed by atoms with Gasteiger partial charge in [0.15, 0.2) is 0 Å². The number of hydrogen-bond donors (Lipinski definition) is 1. The van der Waals surface area contributed by atoms with Crippen LogP contribution in [0, 0.1) is 0 Å². The summed E-state index contributed by atoms with van der Waals surface area (Å²) < 4.78 is 5.73. The highest BCUT2D eigenvalue weighted by Gasteiger charge is 2.40. The highest BCUT2D eigenvalue weighted by molar-refractivity contribution is 5.45. The van der Waals surface area contributed by atoms with Crippen LogP contribution >= 0.6 is 0 Å². The van der Waals surface area contributed by atoms with E-state index in [1.165, 1.54) is 32.1 Å². The Kier molecular flexibility index (Phi) is 4.29. The summed E-state index contributed by atoms with van der Waals surface area (Å²) in [7, 11) is 0.